The van der Waals surface area contributed by atoms with Crippen LogP contribution in [0.5, 0.6) is 0 Å². The van der Waals surface area contributed by atoms with Gasteiger partial charge in [0.25, 0.3) is 0 Å². The minimum Gasteiger partial charge on any atom is -0.397 e. The van der Waals surface area contributed by atoms with E-state index in [1.165, 1.54) is 32.1 Å². The molecule has 0 radical (unpaired) electrons. The van der Waals surface area contributed by atoms with Crippen LogP contribution in [0.25, 0.3) is 0 Å². The van der Waals surface area contributed by atoms with E-state index in [4.69, 9.17) is 5.73 Å². The van der Waals surface area contributed by atoms with Gasteiger partial charge in [-0.25, -0.2) is 0 Å². The molecule has 0 aliphatic heterocycles. The number of halogens is 1. The van der Waals surface area contributed by atoms with Crippen molar-refractivity contribution in [2.45, 2.75) is 44.9 Å². The summed E-state index contributed by atoms with van der Waals surface area (Å²) in [5.74, 6) is 1.95. The average molecular weight is 351 g/mol. The van der Waals surface area contributed by atoms with E-state index in [1.54, 1.807) is 0 Å². The van der Waals surface area contributed by atoms with Crippen molar-refractivity contribution in [2.24, 2.45) is 17.8 Å². The van der Waals surface area contributed by atoms with Crippen LogP contribution in [0.2, 0.25) is 0 Å². The molecule has 0 aromatic heterocycles. The number of carbonyl (C=O) groups excluding carboxylic acids is 1. The highest BCUT2D eigenvalue weighted by Gasteiger charge is 2.35. The second-order valence-electron chi connectivity index (χ2n) is 6.54. The maximum absolute atomic E-state index is 12.5. The number of carbonyl (C=O) groups is 1. The summed E-state index contributed by atoms with van der Waals surface area (Å²) in [6, 6.07) is 5.60. The Balaban J connectivity index is 1.63. The number of anilines is 2. The normalized spacial score (nSPS) is 28.7. The Morgan fingerprint density at radius 1 is 1.14 bits per heavy atom. The highest BCUT2D eigenvalue weighted by Crippen LogP contribution is 2.43. The Hall–Kier alpha value is -1.03. The molecule has 114 valence electrons. The molecule has 21 heavy (non-hydrogen) atoms. The highest BCUT2D eigenvalue weighted by atomic mass is 79.9. The molecule has 3 unspecified atom stereocenters. The van der Waals surface area contributed by atoms with Crippen LogP contribution < -0.4 is 11.1 Å². The van der Waals surface area contributed by atoms with Gasteiger partial charge in [-0.3, -0.25) is 4.79 Å². The van der Waals surface area contributed by atoms with Crippen LogP contribution in [0.15, 0.2) is 22.7 Å². The molecule has 2 fully saturated rings. The van der Waals surface area contributed by atoms with Gasteiger partial charge in [-0.15, -0.1) is 0 Å². The molecule has 0 bridgehead atoms. The van der Waals surface area contributed by atoms with Crippen LogP contribution in [0.1, 0.15) is 44.9 Å². The van der Waals surface area contributed by atoms with Gasteiger partial charge >= 0.3 is 0 Å². The molecule has 2 aliphatic carbocycles. The molecule has 3 nitrogen and oxygen atoms in total. The zero-order chi connectivity index (χ0) is 14.8. The van der Waals surface area contributed by atoms with Crippen molar-refractivity contribution in [1.82, 2.24) is 0 Å². The summed E-state index contributed by atoms with van der Waals surface area (Å²) in [5, 5.41) is 3.02. The lowest BCUT2D eigenvalue weighted by Crippen LogP contribution is -2.34. The maximum Gasteiger partial charge on any atom is 0.227 e. The molecular formula is C17H23BrN2O. The van der Waals surface area contributed by atoms with Gasteiger partial charge in [-0.05, 0) is 49.3 Å². The molecule has 3 rings (SSSR count). The van der Waals surface area contributed by atoms with Gasteiger partial charge in [-0.2, -0.15) is 0 Å². The molecule has 1 amide bonds. The summed E-state index contributed by atoms with van der Waals surface area (Å²) in [6.07, 6.45) is 8.73. The minimum absolute atomic E-state index is 0.146. The summed E-state index contributed by atoms with van der Waals surface area (Å²) in [6.45, 7) is 0. The number of hydrogen-bond acceptors (Lipinski definition) is 2. The number of benzene rings is 1. The first-order valence-corrected chi connectivity index (χ1v) is 8.78. The molecule has 2 aliphatic rings. The van der Waals surface area contributed by atoms with E-state index in [0.717, 1.165) is 34.8 Å². The zero-order valence-electron chi connectivity index (χ0n) is 12.3. The van der Waals surface area contributed by atoms with E-state index in [1.807, 2.05) is 18.2 Å². The SMILES string of the molecule is Nc1cc(Br)ccc1NC(=O)C1CCC2CCCCC2C1. The number of nitrogens with one attached hydrogen (secondary N) is 1. The van der Waals surface area contributed by atoms with E-state index >= 15 is 0 Å². The Morgan fingerprint density at radius 2 is 1.90 bits per heavy atom. The van der Waals surface area contributed by atoms with E-state index in [-0.39, 0.29) is 11.8 Å². The van der Waals surface area contributed by atoms with Crippen LogP contribution in [0.4, 0.5) is 11.4 Å². The van der Waals surface area contributed by atoms with Crippen molar-refractivity contribution in [1.29, 1.82) is 0 Å². The van der Waals surface area contributed by atoms with Crippen LogP contribution in [-0.2, 0) is 4.79 Å². The van der Waals surface area contributed by atoms with Crippen molar-refractivity contribution in [2.75, 3.05) is 11.1 Å². The number of nitrogens with two attached hydrogens (primary N) is 1. The predicted molar refractivity (Wildman–Crippen MR) is 90.0 cm³/mol. The number of rotatable bonds is 2. The third-order valence-electron chi connectivity index (χ3n) is 5.18. The first-order valence-electron chi connectivity index (χ1n) is 7.99. The lowest BCUT2D eigenvalue weighted by molar-refractivity contribution is -0.122. The molecule has 1 aromatic carbocycles. The van der Waals surface area contributed by atoms with Crippen LogP contribution in [0.3, 0.4) is 0 Å². The monoisotopic (exact) mass is 350 g/mol. The largest absolute Gasteiger partial charge is 0.397 e. The molecule has 3 atom stereocenters. The maximum atomic E-state index is 12.5. The van der Waals surface area contributed by atoms with Crippen LogP contribution >= 0.6 is 15.9 Å². The van der Waals surface area contributed by atoms with E-state index in [2.05, 4.69) is 21.2 Å². The molecular weight excluding hydrogens is 328 g/mol. The minimum atomic E-state index is 0.146. The Kier molecular flexibility index (Phi) is 4.53. The van der Waals surface area contributed by atoms with Gasteiger partial charge in [0.15, 0.2) is 0 Å². The quantitative estimate of drug-likeness (QED) is 0.767. The molecule has 0 saturated heterocycles. The highest BCUT2D eigenvalue weighted by molar-refractivity contribution is 9.10. The summed E-state index contributed by atoms with van der Waals surface area (Å²) < 4.78 is 0.931. The number of fused-ring (bicyclic) bond motifs is 1. The molecule has 0 heterocycles. The van der Waals surface area contributed by atoms with E-state index < -0.39 is 0 Å². The van der Waals surface area contributed by atoms with Gasteiger partial charge in [0, 0.05) is 10.4 Å². The topological polar surface area (TPSA) is 55.1 Å². The fourth-order valence-electron chi connectivity index (χ4n) is 3.99. The Labute approximate surface area is 134 Å². The summed E-state index contributed by atoms with van der Waals surface area (Å²) in [4.78, 5) is 12.5. The average Bonchev–Trinajstić information content (AvgIpc) is 2.49. The molecule has 0 spiro atoms. The standard InChI is InChI=1S/C17H23BrN2O/c18-14-7-8-16(15(19)10-14)20-17(21)13-6-5-11-3-1-2-4-12(11)9-13/h7-8,10-13H,1-6,9,19H2,(H,20,21). The second kappa shape index (κ2) is 6.39. The third kappa shape index (κ3) is 3.42. The first kappa shape index (κ1) is 14.9. The summed E-state index contributed by atoms with van der Waals surface area (Å²) >= 11 is 3.38. The third-order valence-corrected chi connectivity index (χ3v) is 5.68. The Bertz CT molecular complexity index is 532. The second-order valence-corrected chi connectivity index (χ2v) is 7.45. The lowest BCUT2D eigenvalue weighted by Gasteiger charge is -2.38. The van der Waals surface area contributed by atoms with Gasteiger partial charge in [0.1, 0.15) is 0 Å². The summed E-state index contributed by atoms with van der Waals surface area (Å²) in [5.41, 5.74) is 7.31. The molecule has 3 N–H and O–H groups in total. The van der Waals surface area contributed by atoms with Crippen molar-refractivity contribution < 1.29 is 4.79 Å². The lowest BCUT2D eigenvalue weighted by atomic mass is 9.67. The summed E-state index contributed by atoms with van der Waals surface area (Å²) in [7, 11) is 0. The molecule has 1 aromatic rings. The van der Waals surface area contributed by atoms with Crippen LogP contribution in [0, 0.1) is 17.8 Å². The smallest absolute Gasteiger partial charge is 0.227 e. The van der Waals surface area contributed by atoms with Gasteiger partial charge in [0.05, 0.1) is 11.4 Å². The fourth-order valence-corrected chi connectivity index (χ4v) is 4.37. The van der Waals surface area contributed by atoms with Crippen molar-refractivity contribution >= 4 is 33.2 Å². The van der Waals surface area contributed by atoms with Crippen molar-refractivity contribution in [3.63, 3.8) is 0 Å². The Morgan fingerprint density at radius 3 is 2.67 bits per heavy atom. The van der Waals surface area contributed by atoms with E-state index in [0.29, 0.717) is 5.69 Å². The fraction of sp³-hybridized carbons (Fsp3) is 0.588. The number of amides is 1. The van der Waals surface area contributed by atoms with Gasteiger partial charge in [0.2, 0.25) is 5.91 Å². The predicted octanol–water partition coefficient (Wildman–Crippen LogP) is 4.58. The zero-order valence-corrected chi connectivity index (χ0v) is 13.9. The first-order chi connectivity index (χ1) is 10.1. The number of nitrogen functional groups attached to an aromatic ring is 1. The van der Waals surface area contributed by atoms with E-state index in [9.17, 15) is 4.79 Å². The number of hydrogen-bond donors (Lipinski definition) is 2. The van der Waals surface area contributed by atoms with Gasteiger partial charge < -0.3 is 11.1 Å². The molecule has 2 saturated carbocycles. The van der Waals surface area contributed by atoms with Crippen molar-refractivity contribution in [3.05, 3.63) is 22.7 Å². The molecule has 4 heteroatoms. The van der Waals surface area contributed by atoms with Crippen molar-refractivity contribution in [3.8, 4) is 0 Å². The van der Waals surface area contributed by atoms with Crippen LogP contribution in [-0.4, -0.2) is 5.91 Å². The van der Waals surface area contributed by atoms with Gasteiger partial charge in [-0.1, -0.05) is 41.6 Å².